The predicted molar refractivity (Wildman–Crippen MR) is 39.6 cm³/mol. The van der Waals surface area contributed by atoms with Crippen LogP contribution in [0.2, 0.25) is 5.02 Å². The van der Waals surface area contributed by atoms with Gasteiger partial charge in [-0.05, 0) is 0 Å². The molecule has 1 aromatic rings. The summed E-state index contributed by atoms with van der Waals surface area (Å²) in [6.45, 7) is 0. The third kappa shape index (κ3) is 1.30. The highest BCUT2D eigenvalue weighted by atomic mass is 35.5. The Morgan fingerprint density at radius 1 is 1.42 bits per heavy atom. The number of aromatic hydroxyl groups is 1. The summed E-state index contributed by atoms with van der Waals surface area (Å²) >= 11 is 5.19. The van der Waals surface area contributed by atoms with Gasteiger partial charge in [-0.2, -0.15) is 4.39 Å². The summed E-state index contributed by atoms with van der Waals surface area (Å²) in [5, 5.41) is 8.27. The van der Waals surface area contributed by atoms with E-state index in [1.165, 1.54) is 0 Å². The summed E-state index contributed by atoms with van der Waals surface area (Å²) in [5.74, 6) is -3.45. The zero-order valence-electron chi connectivity index (χ0n) is 6.07. The van der Waals surface area contributed by atoms with Gasteiger partial charge in [0.2, 0.25) is 5.82 Å². The molecule has 0 amide bonds. The lowest BCUT2D eigenvalue weighted by Crippen LogP contribution is -1.92. The van der Waals surface area contributed by atoms with Gasteiger partial charge < -0.3 is 9.84 Å². The molecule has 0 radical (unpaired) electrons. The molecule has 5 heteroatoms. The fraction of sp³-hybridized carbons (Fsp3) is 0.143. The maximum atomic E-state index is 12.7. The average molecular weight is 195 g/mol. The van der Waals surface area contributed by atoms with Gasteiger partial charge in [-0.15, -0.1) is 0 Å². The van der Waals surface area contributed by atoms with Crippen LogP contribution in [0.4, 0.5) is 8.78 Å². The Balaban J connectivity index is 3.39. The van der Waals surface area contributed by atoms with E-state index in [4.69, 9.17) is 16.7 Å². The maximum Gasteiger partial charge on any atom is 0.202 e. The minimum atomic E-state index is -1.31. The van der Waals surface area contributed by atoms with Crippen LogP contribution in [0.1, 0.15) is 0 Å². The number of phenolic OH excluding ortho intramolecular Hbond substituents is 1. The molecule has 0 aromatic heterocycles. The van der Waals surface area contributed by atoms with Crippen molar-refractivity contribution < 1.29 is 18.6 Å². The van der Waals surface area contributed by atoms with Crippen LogP contribution in [0.5, 0.6) is 11.5 Å². The van der Waals surface area contributed by atoms with Crippen molar-refractivity contribution in [3.63, 3.8) is 0 Å². The normalized spacial score (nSPS) is 10.0. The molecule has 2 nitrogen and oxygen atoms in total. The molecule has 0 fully saturated rings. The van der Waals surface area contributed by atoms with Gasteiger partial charge in [0.1, 0.15) is 10.8 Å². The average Bonchev–Trinajstić information content (AvgIpc) is 2.08. The lowest BCUT2D eigenvalue weighted by atomic mass is 10.3. The van der Waals surface area contributed by atoms with Crippen molar-refractivity contribution in [2.24, 2.45) is 0 Å². The maximum absolute atomic E-state index is 12.7. The summed E-state index contributed by atoms with van der Waals surface area (Å²) in [6.07, 6.45) is 0. The smallest absolute Gasteiger partial charge is 0.202 e. The first kappa shape index (κ1) is 9.06. The number of benzene rings is 1. The number of ether oxygens (including phenoxy) is 1. The molecule has 0 unspecified atom stereocenters. The molecule has 0 heterocycles. The van der Waals surface area contributed by atoms with Gasteiger partial charge in [-0.1, -0.05) is 11.6 Å². The zero-order valence-corrected chi connectivity index (χ0v) is 6.82. The number of hydrogen-bond acceptors (Lipinski definition) is 2. The van der Waals surface area contributed by atoms with Crippen LogP contribution < -0.4 is 4.74 Å². The highest BCUT2D eigenvalue weighted by molar-refractivity contribution is 6.32. The topological polar surface area (TPSA) is 29.5 Å². The molecular formula is C7H5ClF2O2. The Morgan fingerprint density at radius 3 is 2.50 bits per heavy atom. The third-order valence-electron chi connectivity index (χ3n) is 1.31. The van der Waals surface area contributed by atoms with E-state index in [-0.39, 0.29) is 5.75 Å². The Morgan fingerprint density at radius 2 is 2.00 bits per heavy atom. The summed E-state index contributed by atoms with van der Waals surface area (Å²) in [4.78, 5) is 0. The Kier molecular flexibility index (Phi) is 2.38. The van der Waals surface area contributed by atoms with E-state index in [0.29, 0.717) is 0 Å². The number of methoxy groups -OCH3 is 1. The van der Waals surface area contributed by atoms with Crippen LogP contribution in [0.3, 0.4) is 0 Å². The monoisotopic (exact) mass is 194 g/mol. The Labute approximate surface area is 72.3 Å². The number of phenols is 1. The molecule has 0 aliphatic carbocycles. The van der Waals surface area contributed by atoms with Crippen LogP contribution in [0.25, 0.3) is 0 Å². The Bertz CT molecular complexity index is 315. The van der Waals surface area contributed by atoms with Crippen LogP contribution in [-0.4, -0.2) is 12.2 Å². The molecular weight excluding hydrogens is 190 g/mol. The first-order chi connectivity index (χ1) is 5.57. The number of halogens is 3. The quantitative estimate of drug-likeness (QED) is 0.696. The van der Waals surface area contributed by atoms with E-state index < -0.39 is 22.4 Å². The van der Waals surface area contributed by atoms with E-state index in [9.17, 15) is 8.78 Å². The van der Waals surface area contributed by atoms with E-state index in [1.54, 1.807) is 0 Å². The van der Waals surface area contributed by atoms with Crippen LogP contribution >= 0.6 is 11.6 Å². The van der Waals surface area contributed by atoms with Gasteiger partial charge >= 0.3 is 0 Å². The SMILES string of the molecule is COc1cc(O)c(Cl)c(F)c1F. The van der Waals surface area contributed by atoms with Crippen LogP contribution in [-0.2, 0) is 0 Å². The molecule has 0 saturated heterocycles. The second kappa shape index (κ2) is 3.15. The first-order valence-corrected chi connectivity index (χ1v) is 3.36. The lowest BCUT2D eigenvalue weighted by molar-refractivity contribution is 0.364. The van der Waals surface area contributed by atoms with Crippen molar-refractivity contribution in [3.05, 3.63) is 22.7 Å². The van der Waals surface area contributed by atoms with Crippen molar-refractivity contribution in [1.29, 1.82) is 0 Å². The molecule has 0 spiro atoms. The first-order valence-electron chi connectivity index (χ1n) is 2.98. The third-order valence-corrected chi connectivity index (χ3v) is 1.67. The number of rotatable bonds is 1. The molecule has 0 aliphatic heterocycles. The van der Waals surface area contributed by atoms with Crippen molar-refractivity contribution in [3.8, 4) is 11.5 Å². The van der Waals surface area contributed by atoms with E-state index in [1.807, 2.05) is 0 Å². The highest BCUT2D eigenvalue weighted by Gasteiger charge is 2.16. The molecule has 0 atom stereocenters. The van der Waals surface area contributed by atoms with Crippen LogP contribution in [0, 0.1) is 11.6 Å². The number of hydrogen-bond donors (Lipinski definition) is 1. The minimum Gasteiger partial charge on any atom is -0.506 e. The highest BCUT2D eigenvalue weighted by Crippen LogP contribution is 2.33. The van der Waals surface area contributed by atoms with Gasteiger partial charge in [-0.3, -0.25) is 0 Å². The van der Waals surface area contributed by atoms with E-state index in [2.05, 4.69) is 4.74 Å². The van der Waals surface area contributed by atoms with Crippen LogP contribution in [0.15, 0.2) is 6.07 Å². The summed E-state index contributed by atoms with van der Waals surface area (Å²) in [5.41, 5.74) is 0. The van der Waals surface area contributed by atoms with Gasteiger partial charge in [0.15, 0.2) is 11.6 Å². The second-order valence-corrected chi connectivity index (χ2v) is 2.42. The standard InChI is InChI=1S/C7H5ClF2O2/c1-12-4-2-3(11)5(8)7(10)6(4)9/h2,11H,1H3. The van der Waals surface area contributed by atoms with Gasteiger partial charge in [0, 0.05) is 6.07 Å². The van der Waals surface area contributed by atoms with Crippen molar-refractivity contribution >= 4 is 11.6 Å². The molecule has 1 rings (SSSR count). The molecule has 12 heavy (non-hydrogen) atoms. The second-order valence-electron chi connectivity index (χ2n) is 2.04. The van der Waals surface area contributed by atoms with Gasteiger partial charge in [0.05, 0.1) is 7.11 Å². The van der Waals surface area contributed by atoms with Crippen molar-refractivity contribution in [2.75, 3.05) is 7.11 Å². The molecule has 1 N–H and O–H groups in total. The lowest BCUT2D eigenvalue weighted by Gasteiger charge is -2.04. The van der Waals surface area contributed by atoms with Gasteiger partial charge in [0.25, 0.3) is 0 Å². The fourth-order valence-electron chi connectivity index (χ4n) is 0.716. The molecule has 0 bridgehead atoms. The fourth-order valence-corrected chi connectivity index (χ4v) is 0.854. The summed E-state index contributed by atoms with van der Waals surface area (Å²) in [7, 11) is 1.16. The summed E-state index contributed by atoms with van der Waals surface area (Å²) < 4.78 is 29.9. The largest absolute Gasteiger partial charge is 0.506 e. The molecule has 1 aromatic carbocycles. The van der Waals surface area contributed by atoms with E-state index in [0.717, 1.165) is 13.2 Å². The van der Waals surface area contributed by atoms with Crippen molar-refractivity contribution in [1.82, 2.24) is 0 Å². The zero-order chi connectivity index (χ0) is 9.30. The molecule has 66 valence electrons. The molecule has 0 saturated carbocycles. The predicted octanol–water partition coefficient (Wildman–Crippen LogP) is 2.33. The van der Waals surface area contributed by atoms with Gasteiger partial charge in [-0.25, -0.2) is 4.39 Å². The molecule has 0 aliphatic rings. The minimum absolute atomic E-state index is 0.380. The summed E-state index contributed by atoms with van der Waals surface area (Å²) in [6, 6.07) is 0.904. The van der Waals surface area contributed by atoms with E-state index >= 15 is 0 Å². The Hall–Kier alpha value is -1.03. The van der Waals surface area contributed by atoms with Crippen molar-refractivity contribution in [2.45, 2.75) is 0 Å².